The van der Waals surface area contributed by atoms with Gasteiger partial charge in [0.05, 0.1) is 18.3 Å². The number of carbonyl (C=O) groups excluding carboxylic acids is 1. The van der Waals surface area contributed by atoms with Crippen molar-refractivity contribution in [1.82, 2.24) is 4.98 Å². The summed E-state index contributed by atoms with van der Waals surface area (Å²) >= 11 is 0. The summed E-state index contributed by atoms with van der Waals surface area (Å²) in [4.78, 5) is 15.9. The van der Waals surface area contributed by atoms with Crippen LogP contribution in [0.2, 0.25) is 0 Å². The van der Waals surface area contributed by atoms with Crippen LogP contribution in [0.25, 0.3) is 0 Å². The first-order chi connectivity index (χ1) is 11.3. The molecule has 0 aliphatic rings. The number of pyridine rings is 1. The first-order valence-corrected chi connectivity index (χ1v) is 7.75. The normalized spacial score (nSPS) is 11.0. The van der Waals surface area contributed by atoms with E-state index in [1.165, 1.54) is 0 Å². The smallest absolute Gasteiger partial charge is 0.312 e. The fraction of sp³-hybridized carbons (Fsp3) is 0.316. The molecule has 0 amide bonds. The van der Waals surface area contributed by atoms with Gasteiger partial charge in [0, 0.05) is 11.8 Å². The van der Waals surface area contributed by atoms with E-state index in [1.54, 1.807) is 39.2 Å². The molecule has 5 heteroatoms. The molecule has 2 rings (SSSR count). The monoisotopic (exact) mass is 326 g/mol. The van der Waals surface area contributed by atoms with Crippen molar-refractivity contribution < 1.29 is 14.3 Å². The molecule has 0 radical (unpaired) electrons. The van der Waals surface area contributed by atoms with E-state index in [0.717, 1.165) is 5.56 Å². The van der Waals surface area contributed by atoms with Crippen LogP contribution in [0.1, 0.15) is 38.3 Å². The second-order valence-corrected chi connectivity index (χ2v) is 6.43. The van der Waals surface area contributed by atoms with E-state index < -0.39 is 11.6 Å². The number of aromatic nitrogens is 1. The number of nitrogens with one attached hydrogen (secondary N) is 1. The van der Waals surface area contributed by atoms with Crippen molar-refractivity contribution in [2.45, 2.75) is 39.4 Å². The number of nitrogens with zero attached hydrogens (tertiary/aromatic N) is 1. The summed E-state index contributed by atoms with van der Waals surface area (Å²) in [5, 5.41) is 8.06. The molecule has 126 valence electrons. The molecule has 0 saturated carbocycles. The van der Waals surface area contributed by atoms with Crippen molar-refractivity contribution in [2.24, 2.45) is 0 Å². The Labute approximate surface area is 142 Å². The summed E-state index contributed by atoms with van der Waals surface area (Å²) in [6.45, 7) is 5.82. The minimum atomic E-state index is -0.559. The van der Waals surface area contributed by atoms with Crippen LogP contribution in [0.3, 0.4) is 0 Å². The highest BCUT2D eigenvalue weighted by molar-refractivity contribution is 6.07. The van der Waals surface area contributed by atoms with E-state index in [-0.39, 0.29) is 12.1 Å². The largest absolute Gasteiger partial charge is 0.487 e. The van der Waals surface area contributed by atoms with Gasteiger partial charge >= 0.3 is 5.97 Å². The van der Waals surface area contributed by atoms with Gasteiger partial charge in [-0.3, -0.25) is 9.78 Å². The topological polar surface area (TPSA) is 72.3 Å². The zero-order valence-corrected chi connectivity index (χ0v) is 14.2. The maximum atomic E-state index is 11.8. The molecule has 0 atom stereocenters. The van der Waals surface area contributed by atoms with Crippen LogP contribution in [0.5, 0.6) is 5.75 Å². The number of benzene rings is 1. The van der Waals surface area contributed by atoms with Crippen LogP contribution in [-0.2, 0) is 16.1 Å². The molecule has 0 aliphatic heterocycles. The summed E-state index contributed by atoms with van der Waals surface area (Å²) in [5.74, 6) is 0.133. The van der Waals surface area contributed by atoms with Crippen LogP contribution in [0, 0.1) is 5.41 Å². The van der Waals surface area contributed by atoms with Crippen LogP contribution >= 0.6 is 0 Å². The van der Waals surface area contributed by atoms with E-state index in [9.17, 15) is 4.79 Å². The highest BCUT2D eigenvalue weighted by atomic mass is 16.6. The molecule has 0 unspecified atom stereocenters. The van der Waals surface area contributed by atoms with Crippen molar-refractivity contribution in [2.75, 3.05) is 0 Å². The Balaban J connectivity index is 1.96. The third-order valence-corrected chi connectivity index (χ3v) is 3.05. The fourth-order valence-corrected chi connectivity index (χ4v) is 2.03. The SMILES string of the molecule is CC(C)(C)OC(=O)CC(=N)c1cncc(OCc2ccccc2)c1. The number of carbonyl (C=O) groups is 1. The van der Waals surface area contributed by atoms with E-state index in [4.69, 9.17) is 14.9 Å². The van der Waals surface area contributed by atoms with Gasteiger partial charge < -0.3 is 14.9 Å². The van der Waals surface area contributed by atoms with Gasteiger partial charge in [-0.2, -0.15) is 0 Å². The Hall–Kier alpha value is -2.69. The van der Waals surface area contributed by atoms with Gasteiger partial charge in [-0.05, 0) is 32.4 Å². The minimum Gasteiger partial charge on any atom is -0.487 e. The molecule has 0 bridgehead atoms. The molecular weight excluding hydrogens is 304 g/mol. The van der Waals surface area contributed by atoms with E-state index in [1.807, 2.05) is 30.3 Å². The molecule has 5 nitrogen and oxygen atoms in total. The molecule has 0 fully saturated rings. The van der Waals surface area contributed by atoms with E-state index in [0.29, 0.717) is 17.9 Å². The summed E-state index contributed by atoms with van der Waals surface area (Å²) in [7, 11) is 0. The van der Waals surface area contributed by atoms with Crippen LogP contribution in [0.4, 0.5) is 0 Å². The molecule has 0 aliphatic carbocycles. The number of rotatable bonds is 6. The summed E-state index contributed by atoms with van der Waals surface area (Å²) in [6, 6.07) is 11.5. The highest BCUT2D eigenvalue weighted by Crippen LogP contribution is 2.16. The lowest BCUT2D eigenvalue weighted by atomic mass is 10.1. The fourth-order valence-electron chi connectivity index (χ4n) is 2.03. The van der Waals surface area contributed by atoms with Crippen molar-refractivity contribution >= 4 is 11.7 Å². The van der Waals surface area contributed by atoms with Crippen LogP contribution in [-0.4, -0.2) is 22.3 Å². The Morgan fingerprint density at radius 3 is 2.54 bits per heavy atom. The highest BCUT2D eigenvalue weighted by Gasteiger charge is 2.18. The lowest BCUT2D eigenvalue weighted by molar-refractivity contribution is -0.153. The maximum absolute atomic E-state index is 11.8. The predicted molar refractivity (Wildman–Crippen MR) is 92.3 cm³/mol. The number of esters is 1. The van der Waals surface area contributed by atoms with Crippen molar-refractivity contribution in [3.63, 3.8) is 0 Å². The maximum Gasteiger partial charge on any atom is 0.312 e. The van der Waals surface area contributed by atoms with Gasteiger partial charge in [0.15, 0.2) is 0 Å². The van der Waals surface area contributed by atoms with Crippen LogP contribution in [0.15, 0.2) is 48.8 Å². The third-order valence-electron chi connectivity index (χ3n) is 3.05. The van der Waals surface area contributed by atoms with E-state index in [2.05, 4.69) is 4.98 Å². The molecule has 1 aromatic heterocycles. The first kappa shape index (κ1) is 17.7. The number of ether oxygens (including phenoxy) is 2. The molecule has 24 heavy (non-hydrogen) atoms. The Morgan fingerprint density at radius 1 is 1.17 bits per heavy atom. The summed E-state index contributed by atoms with van der Waals surface area (Å²) in [6.07, 6.45) is 3.04. The Kier molecular flexibility index (Phi) is 5.68. The summed E-state index contributed by atoms with van der Waals surface area (Å²) < 4.78 is 10.9. The zero-order chi connectivity index (χ0) is 17.6. The van der Waals surface area contributed by atoms with Gasteiger partial charge in [-0.25, -0.2) is 0 Å². The van der Waals surface area contributed by atoms with Crippen molar-refractivity contribution in [1.29, 1.82) is 5.41 Å². The number of hydrogen-bond acceptors (Lipinski definition) is 5. The van der Waals surface area contributed by atoms with Gasteiger partial charge in [-0.15, -0.1) is 0 Å². The molecule has 1 heterocycles. The molecular formula is C19H22N2O3. The van der Waals surface area contributed by atoms with Gasteiger partial charge in [-0.1, -0.05) is 30.3 Å². The molecule has 1 aromatic carbocycles. The summed E-state index contributed by atoms with van der Waals surface area (Å²) in [5.41, 5.74) is 1.19. The third kappa shape index (κ3) is 5.83. The number of hydrogen-bond donors (Lipinski definition) is 1. The van der Waals surface area contributed by atoms with Crippen LogP contribution < -0.4 is 4.74 Å². The molecule has 1 N–H and O–H groups in total. The second-order valence-electron chi connectivity index (χ2n) is 6.43. The van der Waals surface area contributed by atoms with Crippen molar-refractivity contribution in [3.05, 3.63) is 59.9 Å². The standard InChI is InChI=1S/C19H22N2O3/c1-19(2,3)24-18(22)10-17(20)15-9-16(12-21-11-15)23-13-14-7-5-4-6-8-14/h4-9,11-12,20H,10,13H2,1-3H3. The molecule has 2 aromatic rings. The van der Waals surface area contributed by atoms with Crippen molar-refractivity contribution in [3.8, 4) is 5.75 Å². The quantitative estimate of drug-likeness (QED) is 0.648. The first-order valence-electron chi connectivity index (χ1n) is 7.75. The van der Waals surface area contributed by atoms with E-state index >= 15 is 0 Å². The average Bonchev–Trinajstić information content (AvgIpc) is 2.52. The zero-order valence-electron chi connectivity index (χ0n) is 14.2. The van der Waals surface area contributed by atoms with Gasteiger partial charge in [0.2, 0.25) is 0 Å². The Bertz CT molecular complexity index is 706. The minimum absolute atomic E-state index is 0.0961. The second kappa shape index (κ2) is 7.73. The predicted octanol–water partition coefficient (Wildman–Crippen LogP) is 3.76. The molecule has 0 spiro atoms. The lowest BCUT2D eigenvalue weighted by Gasteiger charge is -2.19. The van der Waals surface area contributed by atoms with Gasteiger partial charge in [0.1, 0.15) is 18.0 Å². The molecule has 0 saturated heterocycles. The lowest BCUT2D eigenvalue weighted by Crippen LogP contribution is -2.25. The van der Waals surface area contributed by atoms with Gasteiger partial charge in [0.25, 0.3) is 0 Å². The Morgan fingerprint density at radius 2 is 1.88 bits per heavy atom. The average molecular weight is 326 g/mol.